The second kappa shape index (κ2) is 5.58. The summed E-state index contributed by atoms with van der Waals surface area (Å²) in [6.07, 6.45) is 2.34. The summed E-state index contributed by atoms with van der Waals surface area (Å²) in [5.74, 6) is -0.932. The average Bonchev–Trinajstić information content (AvgIpc) is 3.05. The van der Waals surface area contributed by atoms with Crippen LogP contribution in [0.25, 0.3) is 0 Å². The van der Waals surface area contributed by atoms with Gasteiger partial charge in [0, 0.05) is 18.1 Å². The second-order valence-electron chi connectivity index (χ2n) is 5.75. The number of ether oxygens (including phenoxy) is 1. The van der Waals surface area contributed by atoms with E-state index in [1.54, 1.807) is 11.1 Å². The van der Waals surface area contributed by atoms with Gasteiger partial charge in [-0.1, -0.05) is 16.8 Å². The minimum atomic E-state index is -0.567. The number of rotatable bonds is 1. The van der Waals surface area contributed by atoms with Crippen LogP contribution in [0, 0.1) is 5.82 Å². The summed E-state index contributed by atoms with van der Waals surface area (Å²) in [4.78, 5) is 14.3. The predicted molar refractivity (Wildman–Crippen MR) is 79.6 cm³/mol. The van der Waals surface area contributed by atoms with Crippen molar-refractivity contribution in [2.45, 2.75) is 25.2 Å². The molecule has 0 saturated carbocycles. The van der Waals surface area contributed by atoms with Gasteiger partial charge < -0.3 is 9.64 Å². The number of aromatic nitrogens is 3. The molecule has 1 amide bonds. The molecule has 6 nitrogen and oxygen atoms in total. The van der Waals surface area contributed by atoms with Crippen LogP contribution in [0.15, 0.2) is 24.4 Å². The van der Waals surface area contributed by atoms with Crippen molar-refractivity contribution in [1.82, 2.24) is 19.9 Å². The van der Waals surface area contributed by atoms with E-state index in [0.717, 1.165) is 5.69 Å². The molecule has 3 heterocycles. The number of hydrogen-bond acceptors (Lipinski definition) is 4. The number of amides is 1. The highest BCUT2D eigenvalue weighted by molar-refractivity contribution is 6.31. The van der Waals surface area contributed by atoms with Crippen LogP contribution < -0.4 is 0 Å². The Morgan fingerprint density at radius 1 is 1.43 bits per heavy atom. The van der Waals surface area contributed by atoms with E-state index < -0.39 is 5.82 Å². The third-order valence-corrected chi connectivity index (χ3v) is 4.61. The molecule has 23 heavy (non-hydrogen) atoms. The summed E-state index contributed by atoms with van der Waals surface area (Å²) >= 11 is 5.88. The Morgan fingerprint density at radius 2 is 2.30 bits per heavy atom. The Kier molecular flexibility index (Phi) is 3.54. The first kappa shape index (κ1) is 14.6. The molecule has 2 aromatic rings. The lowest BCUT2D eigenvalue weighted by Crippen LogP contribution is -2.50. The van der Waals surface area contributed by atoms with Gasteiger partial charge >= 0.3 is 0 Å². The highest BCUT2D eigenvalue weighted by atomic mass is 35.5. The molecule has 0 aliphatic carbocycles. The van der Waals surface area contributed by atoms with Crippen LogP contribution >= 0.6 is 11.6 Å². The maximum Gasteiger partial charge on any atom is 0.256 e. The quantitative estimate of drug-likeness (QED) is 0.799. The number of carbonyl (C=O) groups is 1. The van der Waals surface area contributed by atoms with Gasteiger partial charge in [0.15, 0.2) is 0 Å². The van der Waals surface area contributed by atoms with Gasteiger partial charge in [0.05, 0.1) is 36.2 Å². The molecule has 1 aromatic heterocycles. The molecule has 2 aliphatic rings. The maximum absolute atomic E-state index is 13.9. The van der Waals surface area contributed by atoms with Gasteiger partial charge in [0.1, 0.15) is 5.82 Å². The predicted octanol–water partition coefficient (Wildman–Crippen LogP) is 2.06. The van der Waals surface area contributed by atoms with E-state index in [1.165, 1.54) is 18.2 Å². The van der Waals surface area contributed by atoms with Gasteiger partial charge in [-0.15, -0.1) is 5.10 Å². The van der Waals surface area contributed by atoms with Crippen LogP contribution in [0.3, 0.4) is 0 Å². The van der Waals surface area contributed by atoms with E-state index in [2.05, 4.69) is 10.3 Å². The van der Waals surface area contributed by atoms with Crippen molar-refractivity contribution in [1.29, 1.82) is 0 Å². The second-order valence-corrected chi connectivity index (χ2v) is 6.19. The zero-order valence-electron chi connectivity index (χ0n) is 12.2. The lowest BCUT2D eigenvalue weighted by Gasteiger charge is -2.41. The molecule has 1 saturated heterocycles. The molecule has 8 heteroatoms. The minimum absolute atomic E-state index is 0.00235. The fourth-order valence-electron chi connectivity index (χ4n) is 3.20. The van der Waals surface area contributed by atoms with E-state index >= 15 is 0 Å². The van der Waals surface area contributed by atoms with Crippen LogP contribution in [0.2, 0.25) is 5.02 Å². The Bertz CT molecular complexity index is 766. The molecule has 0 N–H and O–H groups in total. The minimum Gasteiger partial charge on any atom is -0.370 e. The number of fused-ring (bicyclic) bond motifs is 3. The lowest BCUT2D eigenvalue weighted by atomic mass is 9.99. The van der Waals surface area contributed by atoms with Gasteiger partial charge in [-0.05, 0) is 24.6 Å². The first-order valence-electron chi connectivity index (χ1n) is 7.38. The van der Waals surface area contributed by atoms with E-state index in [9.17, 15) is 9.18 Å². The smallest absolute Gasteiger partial charge is 0.256 e. The Balaban J connectivity index is 1.60. The summed E-state index contributed by atoms with van der Waals surface area (Å²) in [6, 6.07) is 3.91. The van der Waals surface area contributed by atoms with Crippen LogP contribution in [-0.2, 0) is 11.3 Å². The number of halogens is 2. The van der Waals surface area contributed by atoms with Crippen LogP contribution in [0.5, 0.6) is 0 Å². The standard InChI is InChI=1S/C15H14ClFN4O2/c16-9-1-2-12(17)11(5-9)15(22)20-4-3-14-13(7-20)21-10(8-23-14)6-18-19-21/h1-2,5-6,13-14H,3-4,7-8H2/t13-,14-/m1/s1. The van der Waals surface area contributed by atoms with Gasteiger partial charge in [0.2, 0.25) is 0 Å². The summed E-state index contributed by atoms with van der Waals surface area (Å²) in [6.45, 7) is 1.40. The molecule has 4 rings (SSSR count). The highest BCUT2D eigenvalue weighted by Gasteiger charge is 2.38. The van der Waals surface area contributed by atoms with Gasteiger partial charge in [-0.3, -0.25) is 4.79 Å². The number of carbonyl (C=O) groups excluding carboxylic acids is 1. The molecular weight excluding hydrogens is 323 g/mol. The summed E-state index contributed by atoms with van der Waals surface area (Å²) in [5.41, 5.74) is 0.876. The first-order valence-corrected chi connectivity index (χ1v) is 7.76. The van der Waals surface area contributed by atoms with Crippen molar-refractivity contribution in [3.63, 3.8) is 0 Å². The molecule has 120 valence electrons. The highest BCUT2D eigenvalue weighted by Crippen LogP contribution is 2.31. The van der Waals surface area contributed by atoms with Crippen LogP contribution in [-0.4, -0.2) is 45.0 Å². The molecular formula is C15H14ClFN4O2. The lowest BCUT2D eigenvalue weighted by molar-refractivity contribution is -0.0605. The van der Waals surface area contributed by atoms with Crippen molar-refractivity contribution < 1.29 is 13.9 Å². The number of piperidine rings is 1. The van der Waals surface area contributed by atoms with Crippen molar-refractivity contribution in [3.8, 4) is 0 Å². The number of nitrogens with zero attached hydrogens (tertiary/aromatic N) is 4. The van der Waals surface area contributed by atoms with E-state index in [1.807, 2.05) is 4.68 Å². The summed E-state index contributed by atoms with van der Waals surface area (Å²) < 4.78 is 21.6. The number of benzene rings is 1. The monoisotopic (exact) mass is 336 g/mol. The van der Waals surface area contributed by atoms with E-state index in [-0.39, 0.29) is 23.6 Å². The maximum atomic E-state index is 13.9. The fraction of sp³-hybridized carbons (Fsp3) is 0.400. The molecule has 2 atom stereocenters. The number of likely N-dealkylation sites (tertiary alicyclic amines) is 1. The van der Waals surface area contributed by atoms with Crippen LogP contribution in [0.4, 0.5) is 4.39 Å². The Hall–Kier alpha value is -1.99. The largest absolute Gasteiger partial charge is 0.370 e. The molecule has 0 spiro atoms. The zero-order chi connectivity index (χ0) is 16.0. The third-order valence-electron chi connectivity index (χ3n) is 4.37. The van der Waals surface area contributed by atoms with Crippen molar-refractivity contribution in [2.75, 3.05) is 13.1 Å². The normalized spacial score (nSPS) is 23.3. The molecule has 0 bridgehead atoms. The number of hydrogen-bond donors (Lipinski definition) is 0. The van der Waals surface area contributed by atoms with E-state index in [4.69, 9.17) is 16.3 Å². The average molecular weight is 337 g/mol. The van der Waals surface area contributed by atoms with Crippen molar-refractivity contribution in [2.24, 2.45) is 0 Å². The van der Waals surface area contributed by atoms with Gasteiger partial charge in [-0.25, -0.2) is 9.07 Å². The van der Waals surface area contributed by atoms with Gasteiger partial charge in [0.25, 0.3) is 5.91 Å². The SMILES string of the molecule is O=C(c1cc(Cl)ccc1F)N1CC[C@H]2OCc3cnnn3[C@@H]2C1. The molecule has 0 radical (unpaired) electrons. The zero-order valence-corrected chi connectivity index (χ0v) is 12.9. The first-order chi connectivity index (χ1) is 11.1. The summed E-state index contributed by atoms with van der Waals surface area (Å²) in [7, 11) is 0. The van der Waals surface area contributed by atoms with Crippen molar-refractivity contribution in [3.05, 3.63) is 46.5 Å². The molecule has 2 aliphatic heterocycles. The topological polar surface area (TPSA) is 60.3 Å². The molecule has 1 aromatic carbocycles. The van der Waals surface area contributed by atoms with E-state index in [0.29, 0.717) is 31.1 Å². The fourth-order valence-corrected chi connectivity index (χ4v) is 3.37. The Morgan fingerprint density at radius 3 is 3.17 bits per heavy atom. The molecule has 0 unspecified atom stereocenters. The van der Waals surface area contributed by atoms with Gasteiger partial charge in [-0.2, -0.15) is 0 Å². The summed E-state index contributed by atoms with van der Waals surface area (Å²) in [5, 5.41) is 8.33. The molecule has 1 fully saturated rings. The third kappa shape index (κ3) is 2.49. The van der Waals surface area contributed by atoms with Crippen molar-refractivity contribution >= 4 is 17.5 Å². The van der Waals surface area contributed by atoms with Crippen LogP contribution in [0.1, 0.15) is 28.5 Å². The Labute approximate surface area is 136 Å².